The van der Waals surface area contributed by atoms with Crippen molar-refractivity contribution in [1.29, 1.82) is 0 Å². The Morgan fingerprint density at radius 2 is 1.65 bits per heavy atom. The van der Waals surface area contributed by atoms with Crippen molar-refractivity contribution in [3.05, 3.63) is 53.3 Å². The number of rotatable bonds is 5. The van der Waals surface area contributed by atoms with Gasteiger partial charge in [-0.05, 0) is 37.6 Å². The maximum absolute atomic E-state index is 11.1. The van der Waals surface area contributed by atoms with Crippen LogP contribution in [0.25, 0.3) is 0 Å². The number of carboxylic acid groups (broad SMARTS) is 2. The van der Waals surface area contributed by atoms with Gasteiger partial charge in [0.05, 0.1) is 5.69 Å². The fourth-order valence-corrected chi connectivity index (χ4v) is 1.22. The fraction of sp³-hybridized carbons (Fsp3) is 0.143. The molecule has 1 aromatic carbocycles. The van der Waals surface area contributed by atoms with Crippen molar-refractivity contribution >= 4 is 17.6 Å². The average Bonchev–Trinajstić information content (AvgIpc) is 2.42. The minimum atomic E-state index is -1.28. The third-order valence-corrected chi connectivity index (χ3v) is 2.51. The van der Waals surface area contributed by atoms with E-state index in [2.05, 4.69) is 10.2 Å². The number of hydrogen-bond acceptors (Lipinski definition) is 4. The molecule has 0 aromatic heterocycles. The van der Waals surface area contributed by atoms with Crippen LogP contribution in [0.5, 0.6) is 0 Å². The summed E-state index contributed by atoms with van der Waals surface area (Å²) >= 11 is 0. The fourth-order valence-electron chi connectivity index (χ4n) is 1.22. The zero-order valence-corrected chi connectivity index (χ0v) is 11.1. The molecule has 6 heteroatoms. The highest BCUT2D eigenvalue weighted by Gasteiger charge is 2.09. The first kappa shape index (κ1) is 15.3. The first-order valence-electron chi connectivity index (χ1n) is 5.74. The third kappa shape index (κ3) is 4.49. The van der Waals surface area contributed by atoms with E-state index in [1.807, 2.05) is 0 Å². The van der Waals surface area contributed by atoms with E-state index in [0.717, 1.165) is 0 Å². The molecule has 0 bridgehead atoms. The third-order valence-electron chi connectivity index (χ3n) is 2.51. The van der Waals surface area contributed by atoms with Crippen LogP contribution in [0.2, 0.25) is 0 Å². The van der Waals surface area contributed by atoms with Crippen LogP contribution in [-0.2, 0) is 9.59 Å². The zero-order valence-electron chi connectivity index (χ0n) is 11.1. The van der Waals surface area contributed by atoms with Gasteiger partial charge in [-0.2, -0.15) is 5.11 Å². The number of hydrogen-bond donors (Lipinski definition) is 2. The lowest BCUT2D eigenvalue weighted by molar-refractivity contribution is -0.133. The van der Waals surface area contributed by atoms with Gasteiger partial charge in [-0.15, -0.1) is 5.11 Å². The molecular formula is C14H14N2O4. The van der Waals surface area contributed by atoms with E-state index in [1.165, 1.54) is 19.9 Å². The van der Waals surface area contributed by atoms with Crippen molar-refractivity contribution in [2.45, 2.75) is 13.8 Å². The normalized spacial score (nSPS) is 13.2. The molecule has 2 N–H and O–H groups in total. The second-order valence-corrected chi connectivity index (χ2v) is 3.98. The van der Waals surface area contributed by atoms with Crippen molar-refractivity contribution in [1.82, 2.24) is 0 Å². The van der Waals surface area contributed by atoms with Gasteiger partial charge in [0.1, 0.15) is 0 Å². The Kier molecular flexibility index (Phi) is 5.34. The lowest BCUT2D eigenvalue weighted by Gasteiger charge is -1.99. The van der Waals surface area contributed by atoms with Gasteiger partial charge in [-0.25, -0.2) is 9.59 Å². The van der Waals surface area contributed by atoms with Crippen LogP contribution in [0, 0.1) is 0 Å². The van der Waals surface area contributed by atoms with Gasteiger partial charge in [0.25, 0.3) is 0 Å². The number of carboxylic acids is 2. The second-order valence-electron chi connectivity index (χ2n) is 3.98. The topological polar surface area (TPSA) is 99.3 Å². The maximum Gasteiger partial charge on any atom is 0.356 e. The van der Waals surface area contributed by atoms with Crippen LogP contribution >= 0.6 is 0 Å². The van der Waals surface area contributed by atoms with Crippen LogP contribution in [0.4, 0.5) is 5.69 Å². The Morgan fingerprint density at radius 1 is 1.05 bits per heavy atom. The van der Waals surface area contributed by atoms with Crippen LogP contribution in [0.15, 0.2) is 63.5 Å². The number of benzene rings is 1. The molecule has 104 valence electrons. The maximum atomic E-state index is 11.1. The number of carbonyl (C=O) groups is 2. The Morgan fingerprint density at radius 3 is 2.15 bits per heavy atom. The van der Waals surface area contributed by atoms with E-state index in [-0.39, 0.29) is 11.3 Å². The first-order valence-corrected chi connectivity index (χ1v) is 5.74. The van der Waals surface area contributed by atoms with Gasteiger partial charge in [0, 0.05) is 5.57 Å². The van der Waals surface area contributed by atoms with Crippen molar-refractivity contribution in [2.75, 3.05) is 0 Å². The van der Waals surface area contributed by atoms with Gasteiger partial charge >= 0.3 is 11.9 Å². The molecule has 0 saturated carbocycles. The van der Waals surface area contributed by atoms with E-state index in [0.29, 0.717) is 11.3 Å². The number of nitrogens with zero attached hydrogens (tertiary/aromatic N) is 2. The summed E-state index contributed by atoms with van der Waals surface area (Å²) in [5, 5.41) is 25.3. The van der Waals surface area contributed by atoms with Gasteiger partial charge in [-0.1, -0.05) is 18.2 Å². The van der Waals surface area contributed by atoms with Gasteiger partial charge in [0.2, 0.25) is 0 Å². The standard InChI is InChI=1S/C14H14N2O4/c1-9(10(2)13(17)18)8-12(14(19)20)16-15-11-6-4-3-5-7-11/h3-8H,1-2H3,(H,17,18)(H,19,20). The number of allylic oxidation sites excluding steroid dienone is 2. The summed E-state index contributed by atoms with van der Waals surface area (Å²) in [6.45, 7) is 2.90. The molecule has 0 aliphatic carbocycles. The molecule has 0 amide bonds. The van der Waals surface area contributed by atoms with Crippen LogP contribution in [0.3, 0.4) is 0 Å². The highest BCUT2D eigenvalue weighted by molar-refractivity contribution is 5.90. The van der Waals surface area contributed by atoms with Gasteiger partial charge in [0.15, 0.2) is 5.70 Å². The summed E-state index contributed by atoms with van der Waals surface area (Å²) < 4.78 is 0. The molecule has 0 spiro atoms. The number of azo groups is 1. The van der Waals surface area contributed by atoms with Gasteiger partial charge in [-0.3, -0.25) is 0 Å². The zero-order chi connectivity index (χ0) is 15.1. The Bertz CT molecular complexity index is 601. The van der Waals surface area contributed by atoms with Crippen molar-refractivity contribution in [3.63, 3.8) is 0 Å². The molecule has 6 nitrogen and oxygen atoms in total. The predicted molar refractivity (Wildman–Crippen MR) is 72.7 cm³/mol. The summed E-state index contributed by atoms with van der Waals surface area (Å²) in [6.07, 6.45) is 1.18. The molecule has 1 aromatic rings. The van der Waals surface area contributed by atoms with Crippen molar-refractivity contribution < 1.29 is 19.8 Å². The van der Waals surface area contributed by atoms with E-state index in [9.17, 15) is 9.59 Å². The smallest absolute Gasteiger partial charge is 0.356 e. The summed E-state index contributed by atoms with van der Waals surface area (Å²) in [5.74, 6) is -2.38. The minimum absolute atomic E-state index is 0.0543. The highest BCUT2D eigenvalue weighted by Crippen LogP contribution is 2.15. The van der Waals surface area contributed by atoms with E-state index >= 15 is 0 Å². The molecule has 0 saturated heterocycles. The molecule has 0 radical (unpaired) electrons. The number of aliphatic carboxylic acids is 2. The minimum Gasteiger partial charge on any atom is -0.478 e. The SMILES string of the molecule is CC(C=C(N=Nc1ccccc1)C(=O)O)=C(C)C(=O)O. The van der Waals surface area contributed by atoms with E-state index in [1.54, 1.807) is 30.3 Å². The second kappa shape index (κ2) is 6.98. The summed E-state index contributed by atoms with van der Waals surface area (Å²) in [5.41, 5.74) is 0.545. The molecule has 0 aliphatic rings. The molecule has 0 aliphatic heterocycles. The molecule has 0 heterocycles. The Labute approximate surface area is 115 Å². The summed E-state index contributed by atoms with van der Waals surface area (Å²) in [4.78, 5) is 21.8. The average molecular weight is 274 g/mol. The van der Waals surface area contributed by atoms with Crippen LogP contribution in [0.1, 0.15) is 13.8 Å². The quantitative estimate of drug-likeness (QED) is 0.489. The monoisotopic (exact) mass is 274 g/mol. The lowest BCUT2D eigenvalue weighted by atomic mass is 10.1. The molecule has 0 atom stereocenters. The molecule has 1 rings (SSSR count). The van der Waals surface area contributed by atoms with E-state index in [4.69, 9.17) is 10.2 Å². The van der Waals surface area contributed by atoms with E-state index < -0.39 is 11.9 Å². The molecule has 20 heavy (non-hydrogen) atoms. The van der Waals surface area contributed by atoms with Crippen LogP contribution < -0.4 is 0 Å². The molecule has 0 fully saturated rings. The van der Waals surface area contributed by atoms with Gasteiger partial charge < -0.3 is 10.2 Å². The Balaban J connectivity index is 3.08. The molecular weight excluding hydrogens is 260 g/mol. The van der Waals surface area contributed by atoms with Crippen molar-refractivity contribution in [2.24, 2.45) is 10.2 Å². The predicted octanol–water partition coefficient (Wildman–Crippen LogP) is 3.16. The lowest BCUT2D eigenvalue weighted by Crippen LogP contribution is -2.01. The molecule has 0 unspecified atom stereocenters. The highest BCUT2D eigenvalue weighted by atomic mass is 16.4. The first-order chi connectivity index (χ1) is 9.41. The summed E-state index contributed by atoms with van der Waals surface area (Å²) in [6, 6.07) is 8.65. The Hall–Kier alpha value is -2.76. The summed E-state index contributed by atoms with van der Waals surface area (Å²) in [7, 11) is 0. The van der Waals surface area contributed by atoms with Crippen molar-refractivity contribution in [3.8, 4) is 0 Å². The van der Waals surface area contributed by atoms with Crippen LogP contribution in [-0.4, -0.2) is 22.2 Å². The largest absolute Gasteiger partial charge is 0.478 e.